The van der Waals surface area contributed by atoms with Gasteiger partial charge in [0.2, 0.25) is 0 Å². The normalized spacial score (nSPS) is 21.9. The third kappa shape index (κ3) is 2.45. The number of aromatic nitrogens is 1. The van der Waals surface area contributed by atoms with E-state index < -0.39 is 21.4 Å². The fourth-order valence-corrected chi connectivity index (χ4v) is 3.30. The Morgan fingerprint density at radius 1 is 1.05 bits per heavy atom. The van der Waals surface area contributed by atoms with Crippen molar-refractivity contribution in [2.45, 2.75) is 16.5 Å². The summed E-state index contributed by atoms with van der Waals surface area (Å²) < 4.78 is 30.0. The van der Waals surface area contributed by atoms with Crippen molar-refractivity contribution in [2.75, 3.05) is 0 Å². The van der Waals surface area contributed by atoms with Gasteiger partial charge in [-0.1, -0.05) is 18.2 Å². The lowest BCUT2D eigenvalue weighted by Gasteiger charge is -2.04. The Kier molecular flexibility index (Phi) is 2.96. The molecule has 1 N–H and O–H groups in total. The van der Waals surface area contributed by atoms with E-state index in [4.69, 9.17) is 4.74 Å². The number of hydrogen-bond donors (Lipinski definition) is 1. The Labute approximate surface area is 111 Å². The Balaban J connectivity index is 1.73. The number of nitrogens with one attached hydrogen (secondary N) is 1. The summed E-state index contributed by atoms with van der Waals surface area (Å²) in [5.41, 5.74) is 0. The van der Waals surface area contributed by atoms with E-state index in [2.05, 4.69) is 10.3 Å². The molecule has 6 heteroatoms. The van der Waals surface area contributed by atoms with Crippen molar-refractivity contribution in [2.24, 2.45) is 0 Å². The number of rotatable bonds is 4. The molecular weight excluding hydrogens is 264 g/mol. The number of benzene rings is 1. The quantitative estimate of drug-likeness (QED) is 0.849. The Morgan fingerprint density at radius 3 is 2.42 bits per heavy atom. The van der Waals surface area contributed by atoms with Crippen LogP contribution in [0.5, 0.6) is 5.75 Å². The number of nitrogens with zero attached hydrogens (tertiary/aromatic N) is 1. The van der Waals surface area contributed by atoms with Crippen LogP contribution in [0.3, 0.4) is 0 Å². The van der Waals surface area contributed by atoms with Gasteiger partial charge in [-0.2, -0.15) is 0 Å². The molecule has 1 aromatic carbocycles. The average Bonchev–Trinajstić information content (AvgIpc) is 3.21. The van der Waals surface area contributed by atoms with Crippen molar-refractivity contribution >= 4 is 9.84 Å². The summed E-state index contributed by atoms with van der Waals surface area (Å²) in [5, 5.41) is 2.13. The van der Waals surface area contributed by atoms with Crippen LogP contribution < -0.4 is 10.1 Å². The molecule has 1 fully saturated rings. The lowest BCUT2D eigenvalue weighted by atomic mass is 10.4. The molecule has 1 aromatic heterocycles. The second kappa shape index (κ2) is 4.64. The third-order valence-electron chi connectivity index (χ3n) is 2.81. The fraction of sp³-hybridized carbons (Fsp3) is 0.154. The van der Waals surface area contributed by atoms with Crippen LogP contribution in [-0.2, 0) is 9.84 Å². The van der Waals surface area contributed by atoms with Crippen molar-refractivity contribution in [3.63, 3.8) is 0 Å². The third-order valence-corrected chi connectivity index (χ3v) is 4.79. The highest BCUT2D eigenvalue weighted by Gasteiger charge is 2.49. The smallest absolute Gasteiger partial charge is 0.199 e. The molecule has 0 aliphatic carbocycles. The van der Waals surface area contributed by atoms with E-state index in [0.717, 1.165) is 0 Å². The summed E-state index contributed by atoms with van der Waals surface area (Å²) in [7, 11) is -3.39. The summed E-state index contributed by atoms with van der Waals surface area (Å²) >= 11 is 0. The highest BCUT2D eigenvalue weighted by molar-refractivity contribution is 7.92. The minimum atomic E-state index is -3.39. The highest BCUT2D eigenvalue weighted by atomic mass is 32.2. The largest absolute Gasteiger partial charge is 0.472 e. The minimum Gasteiger partial charge on any atom is -0.472 e. The van der Waals surface area contributed by atoms with Gasteiger partial charge in [-0.15, -0.1) is 0 Å². The molecule has 19 heavy (non-hydrogen) atoms. The Bertz CT molecular complexity index is 659. The second-order valence-electron chi connectivity index (χ2n) is 4.17. The van der Waals surface area contributed by atoms with Crippen molar-refractivity contribution in [1.29, 1.82) is 0 Å². The van der Waals surface area contributed by atoms with Gasteiger partial charge in [-0.3, -0.25) is 10.3 Å². The molecule has 0 spiro atoms. The first kappa shape index (κ1) is 12.1. The van der Waals surface area contributed by atoms with E-state index in [1.54, 1.807) is 54.9 Å². The molecule has 98 valence electrons. The van der Waals surface area contributed by atoms with E-state index in [1.165, 1.54) is 0 Å². The van der Waals surface area contributed by atoms with Crippen LogP contribution in [-0.4, -0.2) is 25.0 Å². The summed E-state index contributed by atoms with van der Waals surface area (Å²) in [6.07, 6.45) is 2.68. The molecule has 2 heterocycles. The van der Waals surface area contributed by atoms with Crippen LogP contribution in [0.2, 0.25) is 0 Å². The van der Waals surface area contributed by atoms with Gasteiger partial charge >= 0.3 is 0 Å². The first-order valence-corrected chi connectivity index (χ1v) is 7.34. The number of pyridine rings is 1. The Morgan fingerprint density at radius 2 is 1.74 bits per heavy atom. The molecule has 5 nitrogen and oxygen atoms in total. The predicted molar refractivity (Wildman–Crippen MR) is 69.2 cm³/mol. The molecule has 1 aliphatic rings. The van der Waals surface area contributed by atoms with Crippen molar-refractivity contribution in [1.82, 2.24) is 10.3 Å². The van der Waals surface area contributed by atoms with E-state index in [1.807, 2.05) is 0 Å². The SMILES string of the molecule is O=S(=O)(c1ccccc1)C1NC1Oc1ccncc1. The van der Waals surface area contributed by atoms with Gasteiger partial charge in [0.15, 0.2) is 21.4 Å². The zero-order chi connectivity index (χ0) is 13.3. The molecule has 0 radical (unpaired) electrons. The standard InChI is InChI=1S/C13H12N2O3S/c16-19(17,11-4-2-1-3-5-11)13-12(15-13)18-10-6-8-14-9-7-10/h1-9,12-13,15H. The van der Waals surface area contributed by atoms with E-state index >= 15 is 0 Å². The van der Waals surface area contributed by atoms with Gasteiger partial charge in [0.05, 0.1) is 4.90 Å². The average molecular weight is 276 g/mol. The lowest BCUT2D eigenvalue weighted by Crippen LogP contribution is -2.14. The topological polar surface area (TPSA) is 78.2 Å². The second-order valence-corrected chi connectivity index (χ2v) is 6.24. The van der Waals surface area contributed by atoms with Crippen LogP contribution >= 0.6 is 0 Å². The summed E-state index contributed by atoms with van der Waals surface area (Å²) in [6.45, 7) is 0. The molecular formula is C13H12N2O3S. The van der Waals surface area contributed by atoms with Crippen molar-refractivity contribution in [3.05, 3.63) is 54.9 Å². The molecule has 0 bridgehead atoms. The number of hydrogen-bond acceptors (Lipinski definition) is 5. The fourth-order valence-electron chi connectivity index (χ4n) is 1.77. The van der Waals surface area contributed by atoms with Crippen molar-refractivity contribution < 1.29 is 13.2 Å². The Hall–Kier alpha value is -1.92. The summed E-state index contributed by atoms with van der Waals surface area (Å²) in [5.74, 6) is 0.596. The zero-order valence-corrected chi connectivity index (χ0v) is 10.7. The summed E-state index contributed by atoms with van der Waals surface area (Å²) in [6, 6.07) is 11.7. The minimum absolute atomic E-state index is 0.299. The molecule has 2 aromatic rings. The van der Waals surface area contributed by atoms with Crippen LogP contribution in [0.4, 0.5) is 0 Å². The van der Waals surface area contributed by atoms with Crippen LogP contribution in [0.15, 0.2) is 59.8 Å². The van der Waals surface area contributed by atoms with E-state index in [-0.39, 0.29) is 0 Å². The maximum atomic E-state index is 12.2. The van der Waals surface area contributed by atoms with Crippen molar-refractivity contribution in [3.8, 4) is 5.75 Å². The number of ether oxygens (including phenoxy) is 1. The first-order chi connectivity index (χ1) is 9.18. The molecule has 3 rings (SSSR count). The van der Waals surface area contributed by atoms with E-state index in [9.17, 15) is 8.42 Å². The van der Waals surface area contributed by atoms with Gasteiger partial charge in [0.25, 0.3) is 0 Å². The lowest BCUT2D eigenvalue weighted by molar-refractivity contribution is 0.295. The number of sulfone groups is 1. The maximum absolute atomic E-state index is 12.2. The molecule has 0 saturated carbocycles. The zero-order valence-electron chi connectivity index (χ0n) is 9.93. The van der Waals surface area contributed by atoms with Crippen LogP contribution in [0, 0.1) is 0 Å². The van der Waals surface area contributed by atoms with Crippen LogP contribution in [0.25, 0.3) is 0 Å². The van der Waals surface area contributed by atoms with Gasteiger partial charge in [-0.05, 0) is 24.3 Å². The van der Waals surface area contributed by atoms with Gasteiger partial charge in [0, 0.05) is 12.4 Å². The highest BCUT2D eigenvalue weighted by Crippen LogP contribution is 2.27. The van der Waals surface area contributed by atoms with Gasteiger partial charge < -0.3 is 4.74 Å². The first-order valence-electron chi connectivity index (χ1n) is 5.79. The van der Waals surface area contributed by atoms with Gasteiger partial charge in [0.1, 0.15) is 5.75 Å². The maximum Gasteiger partial charge on any atom is 0.199 e. The molecule has 1 aliphatic heterocycles. The van der Waals surface area contributed by atoms with Gasteiger partial charge in [-0.25, -0.2) is 8.42 Å². The summed E-state index contributed by atoms with van der Waals surface area (Å²) in [4.78, 5) is 4.17. The van der Waals surface area contributed by atoms with Crippen LogP contribution in [0.1, 0.15) is 0 Å². The molecule has 2 unspecified atom stereocenters. The monoisotopic (exact) mass is 276 g/mol. The predicted octanol–water partition coefficient (Wildman–Crippen LogP) is 1.19. The molecule has 0 amide bonds. The molecule has 1 saturated heterocycles. The molecule has 2 atom stereocenters. The van der Waals surface area contributed by atoms with E-state index in [0.29, 0.717) is 10.6 Å².